The summed E-state index contributed by atoms with van der Waals surface area (Å²) in [5.74, 6) is 6.34. The van der Waals surface area contributed by atoms with Crippen LogP contribution >= 0.6 is 0 Å². The fourth-order valence-corrected chi connectivity index (χ4v) is 4.79. The summed E-state index contributed by atoms with van der Waals surface area (Å²) < 4.78 is 19.7. The zero-order chi connectivity index (χ0) is 24.9. The van der Waals surface area contributed by atoms with E-state index in [4.69, 9.17) is 22.0 Å². The molecule has 0 aromatic rings. The van der Waals surface area contributed by atoms with Gasteiger partial charge in [-0.15, -0.1) is 0 Å². The van der Waals surface area contributed by atoms with Gasteiger partial charge >= 0.3 is 5.97 Å². The van der Waals surface area contributed by atoms with Crippen LogP contribution in [0.3, 0.4) is 0 Å². The number of nitrogens with two attached hydrogens (primary N) is 3. The molecule has 3 aliphatic rings. The third-order valence-electron chi connectivity index (χ3n) is 6.85. The van der Waals surface area contributed by atoms with Crippen molar-refractivity contribution in [2.24, 2.45) is 29.1 Å². The maximum atomic E-state index is 14.2. The van der Waals surface area contributed by atoms with E-state index in [0.717, 1.165) is 38.9 Å². The predicted molar refractivity (Wildman–Crippen MR) is 132 cm³/mol. The van der Waals surface area contributed by atoms with E-state index < -0.39 is 11.5 Å². The van der Waals surface area contributed by atoms with Gasteiger partial charge < -0.3 is 31.4 Å². The number of hydrogen-bond acceptors (Lipinski definition) is 8. The highest BCUT2D eigenvalue weighted by Gasteiger charge is 2.44. The van der Waals surface area contributed by atoms with Crippen LogP contribution in [-0.2, 0) is 9.53 Å². The molecule has 0 saturated carbocycles. The maximum absolute atomic E-state index is 14.2. The lowest BCUT2D eigenvalue weighted by Gasteiger charge is -2.33. The van der Waals surface area contributed by atoms with Gasteiger partial charge in [0.1, 0.15) is 11.5 Å². The number of allylic oxidation sites excluding steroid dienone is 3. The number of halogens is 1. The van der Waals surface area contributed by atoms with Crippen molar-refractivity contribution >= 4 is 5.97 Å². The molecular weight excluding hydrogens is 435 g/mol. The Hall–Kier alpha value is -2.36. The molecule has 3 rings (SSSR count). The third kappa shape index (κ3) is 6.40. The molecule has 2 heterocycles. The van der Waals surface area contributed by atoms with Crippen molar-refractivity contribution in [2.45, 2.75) is 52.0 Å². The molecule has 7 N–H and O–H groups in total. The lowest BCUT2D eigenvalue weighted by molar-refractivity contribution is -0.139. The summed E-state index contributed by atoms with van der Waals surface area (Å²) in [5, 5.41) is 4.84. The molecule has 9 heteroatoms. The first-order valence-corrected chi connectivity index (χ1v) is 12.3. The van der Waals surface area contributed by atoms with E-state index in [1.807, 2.05) is 6.92 Å². The molecule has 1 atom stereocenters. The van der Waals surface area contributed by atoms with Crippen LogP contribution in [0.2, 0.25) is 0 Å². The Balaban J connectivity index is 1.77. The van der Waals surface area contributed by atoms with E-state index in [2.05, 4.69) is 24.1 Å². The van der Waals surface area contributed by atoms with Crippen LogP contribution in [0.4, 0.5) is 4.39 Å². The van der Waals surface area contributed by atoms with Crippen molar-refractivity contribution in [1.82, 2.24) is 15.2 Å². The van der Waals surface area contributed by atoms with Crippen molar-refractivity contribution in [3.8, 4) is 0 Å². The lowest BCUT2D eigenvalue weighted by atomic mass is 9.82. The predicted octanol–water partition coefficient (Wildman–Crippen LogP) is 2.02. The van der Waals surface area contributed by atoms with Crippen LogP contribution in [0.15, 0.2) is 46.7 Å². The summed E-state index contributed by atoms with van der Waals surface area (Å²) in [4.78, 5) is 15.3. The van der Waals surface area contributed by atoms with Gasteiger partial charge in [0.15, 0.2) is 0 Å². The fraction of sp³-hybridized carbons (Fsp3) is 0.640. The van der Waals surface area contributed by atoms with Crippen molar-refractivity contribution in [2.75, 3.05) is 39.3 Å². The molecule has 0 amide bonds. The van der Waals surface area contributed by atoms with Crippen LogP contribution in [0.1, 0.15) is 46.5 Å². The molecule has 8 nitrogen and oxygen atoms in total. The first-order chi connectivity index (χ1) is 16.1. The fourth-order valence-electron chi connectivity index (χ4n) is 4.79. The van der Waals surface area contributed by atoms with Crippen LogP contribution in [-0.4, -0.2) is 60.7 Å². The molecule has 1 aliphatic carbocycles. The molecule has 0 spiro atoms. The van der Waals surface area contributed by atoms with E-state index in [1.165, 1.54) is 12.2 Å². The standard InChI is InChI=1S/C25H41FN6O2/c1-17(2)7-13-34-24(33)23-22(20-14-19(26)4-8-25(20,3)30-23)21(28)16-32(29)15-18-5-10-31(11-6-18)12-9-27/h4,14,16-18,30H,5-13,15,27-29H2,1-3H3. The van der Waals surface area contributed by atoms with Crippen LogP contribution in [0.5, 0.6) is 0 Å². The Kier molecular flexibility index (Phi) is 8.78. The largest absolute Gasteiger partial charge is 0.461 e. The number of nitrogens with zero attached hydrogens (tertiary/aromatic N) is 2. The Morgan fingerprint density at radius 1 is 1.41 bits per heavy atom. The number of likely N-dealkylation sites (tertiary alicyclic amines) is 1. The summed E-state index contributed by atoms with van der Waals surface area (Å²) >= 11 is 0. The highest BCUT2D eigenvalue weighted by Crippen LogP contribution is 2.42. The molecule has 34 heavy (non-hydrogen) atoms. The normalized spacial score (nSPS) is 24.0. The van der Waals surface area contributed by atoms with Gasteiger partial charge in [-0.2, -0.15) is 0 Å². The van der Waals surface area contributed by atoms with E-state index in [1.54, 1.807) is 11.2 Å². The first-order valence-electron chi connectivity index (χ1n) is 12.3. The SMILES string of the molecule is CC(C)CCOC(=O)C1=C(C(N)=CN(N)CC2CCN(CCN)CC2)C2=CC(F)=CCC2(C)N1. The number of ether oxygens (including phenoxy) is 1. The number of hydrazine groups is 1. The number of piperidine rings is 1. The van der Waals surface area contributed by atoms with Gasteiger partial charge in [0, 0.05) is 31.4 Å². The van der Waals surface area contributed by atoms with Gasteiger partial charge in [0.05, 0.1) is 17.8 Å². The second kappa shape index (κ2) is 11.4. The summed E-state index contributed by atoms with van der Waals surface area (Å²) in [6, 6.07) is 0. The second-order valence-electron chi connectivity index (χ2n) is 10.2. The summed E-state index contributed by atoms with van der Waals surface area (Å²) in [7, 11) is 0. The monoisotopic (exact) mass is 476 g/mol. The van der Waals surface area contributed by atoms with E-state index in [-0.39, 0.29) is 11.5 Å². The zero-order valence-corrected chi connectivity index (χ0v) is 20.8. The highest BCUT2D eigenvalue weighted by atomic mass is 19.1. The van der Waals surface area contributed by atoms with Crippen LogP contribution in [0.25, 0.3) is 0 Å². The van der Waals surface area contributed by atoms with Gasteiger partial charge in [-0.3, -0.25) is 0 Å². The summed E-state index contributed by atoms with van der Waals surface area (Å²) in [6.45, 7) is 10.6. The molecule has 1 saturated heterocycles. The minimum Gasteiger partial charge on any atom is -0.461 e. The average molecular weight is 477 g/mol. The number of carbonyl (C=O) groups is 1. The molecule has 0 bridgehead atoms. The molecule has 0 aromatic heterocycles. The van der Waals surface area contributed by atoms with Crippen LogP contribution in [0, 0.1) is 11.8 Å². The zero-order valence-electron chi connectivity index (χ0n) is 20.8. The quantitative estimate of drug-likeness (QED) is 0.215. The molecule has 1 unspecified atom stereocenters. The van der Waals surface area contributed by atoms with E-state index >= 15 is 0 Å². The highest BCUT2D eigenvalue weighted by molar-refractivity contribution is 5.93. The Morgan fingerprint density at radius 3 is 2.76 bits per heavy atom. The third-order valence-corrected chi connectivity index (χ3v) is 6.85. The molecule has 1 fully saturated rings. The minimum absolute atomic E-state index is 0.262. The average Bonchev–Trinajstić information content (AvgIpc) is 3.08. The number of hydrogen-bond donors (Lipinski definition) is 4. The Bertz CT molecular complexity index is 873. The van der Waals surface area contributed by atoms with Crippen molar-refractivity contribution < 1.29 is 13.9 Å². The Labute approximate surface area is 202 Å². The van der Waals surface area contributed by atoms with Crippen molar-refractivity contribution in [3.05, 3.63) is 46.7 Å². The molecule has 2 aliphatic heterocycles. The van der Waals surface area contributed by atoms with E-state index in [9.17, 15) is 9.18 Å². The van der Waals surface area contributed by atoms with Crippen molar-refractivity contribution in [1.29, 1.82) is 0 Å². The molecule has 190 valence electrons. The number of esters is 1. The lowest BCUT2D eigenvalue weighted by Crippen LogP contribution is -2.41. The second-order valence-corrected chi connectivity index (χ2v) is 10.2. The Morgan fingerprint density at radius 2 is 2.12 bits per heavy atom. The van der Waals surface area contributed by atoms with Gasteiger partial charge in [0.25, 0.3) is 0 Å². The van der Waals surface area contributed by atoms with Crippen molar-refractivity contribution in [3.63, 3.8) is 0 Å². The van der Waals surface area contributed by atoms with Crippen LogP contribution < -0.4 is 22.6 Å². The number of nitrogens with one attached hydrogen (secondary N) is 1. The van der Waals surface area contributed by atoms with Gasteiger partial charge in [-0.25, -0.2) is 15.0 Å². The number of rotatable bonds is 10. The van der Waals surface area contributed by atoms with Gasteiger partial charge in [0.2, 0.25) is 0 Å². The topological polar surface area (TPSA) is 123 Å². The molecule has 0 aromatic carbocycles. The summed E-state index contributed by atoms with van der Waals surface area (Å²) in [6.07, 6.45) is 7.83. The number of fused-ring (bicyclic) bond motifs is 1. The summed E-state index contributed by atoms with van der Waals surface area (Å²) in [5.41, 5.74) is 13.2. The minimum atomic E-state index is -0.634. The number of carbonyl (C=O) groups excluding carboxylic acids is 1. The van der Waals surface area contributed by atoms with E-state index in [0.29, 0.717) is 54.8 Å². The van der Waals surface area contributed by atoms with Gasteiger partial charge in [-0.1, -0.05) is 13.8 Å². The first kappa shape index (κ1) is 26.2. The smallest absolute Gasteiger partial charge is 0.355 e. The molecule has 0 radical (unpaired) electrons. The maximum Gasteiger partial charge on any atom is 0.355 e. The van der Waals surface area contributed by atoms with Gasteiger partial charge in [-0.05, 0) is 75.3 Å². The molecular formula is C25H41FN6O2.